The fourth-order valence-electron chi connectivity index (χ4n) is 3.81. The second-order valence-electron chi connectivity index (χ2n) is 6.94. The summed E-state index contributed by atoms with van der Waals surface area (Å²) in [7, 11) is 4.75. The molecule has 2 aromatic heterocycles. The first-order chi connectivity index (χ1) is 14.1. The number of Topliss-reactive ketones (excluding diaryl/α,β-unsaturated/α-hetero) is 1. The molecule has 1 aliphatic rings. The third-order valence-electron chi connectivity index (χ3n) is 5.27. The lowest BCUT2D eigenvalue weighted by Gasteiger charge is -2.15. The van der Waals surface area contributed by atoms with Gasteiger partial charge in [0.05, 0.1) is 27.0 Å². The number of pyridine rings is 2. The molecule has 2 heterocycles. The molecule has 1 atom stereocenters. The first-order valence-electron chi connectivity index (χ1n) is 9.35. The summed E-state index contributed by atoms with van der Waals surface area (Å²) in [6.07, 6.45) is 6.33. The molecule has 0 radical (unpaired) electrons. The Hall–Kier alpha value is -3.41. The third kappa shape index (κ3) is 3.53. The third-order valence-corrected chi connectivity index (χ3v) is 5.27. The van der Waals surface area contributed by atoms with Gasteiger partial charge in [-0.05, 0) is 47.4 Å². The summed E-state index contributed by atoms with van der Waals surface area (Å²) < 4.78 is 16.3. The highest BCUT2D eigenvalue weighted by molar-refractivity contribution is 5.92. The Balaban J connectivity index is 1.74. The molecular formula is C23H22N2O4. The Morgan fingerprint density at radius 2 is 1.76 bits per heavy atom. The van der Waals surface area contributed by atoms with Crippen LogP contribution in [0.3, 0.4) is 0 Å². The number of ether oxygens (including phenoxy) is 3. The van der Waals surface area contributed by atoms with E-state index >= 15 is 0 Å². The summed E-state index contributed by atoms with van der Waals surface area (Å²) in [5, 5.41) is 0. The normalized spacial score (nSPS) is 15.1. The van der Waals surface area contributed by atoms with Crippen molar-refractivity contribution in [1.29, 1.82) is 0 Å². The highest BCUT2D eigenvalue weighted by Crippen LogP contribution is 2.42. The predicted molar refractivity (Wildman–Crippen MR) is 109 cm³/mol. The van der Waals surface area contributed by atoms with E-state index in [-0.39, 0.29) is 11.7 Å². The molecule has 148 valence electrons. The van der Waals surface area contributed by atoms with Gasteiger partial charge in [-0.2, -0.15) is 0 Å². The number of aromatic nitrogens is 2. The summed E-state index contributed by atoms with van der Waals surface area (Å²) in [4.78, 5) is 21.4. The van der Waals surface area contributed by atoms with E-state index in [0.717, 1.165) is 27.9 Å². The number of methoxy groups -OCH3 is 3. The van der Waals surface area contributed by atoms with Crippen molar-refractivity contribution in [2.45, 2.75) is 18.8 Å². The van der Waals surface area contributed by atoms with E-state index in [1.54, 1.807) is 33.7 Å². The maximum absolute atomic E-state index is 12.7. The number of rotatable bonds is 6. The molecule has 29 heavy (non-hydrogen) atoms. The van der Waals surface area contributed by atoms with Gasteiger partial charge in [-0.25, -0.2) is 0 Å². The van der Waals surface area contributed by atoms with Crippen LogP contribution in [-0.2, 0) is 17.6 Å². The average molecular weight is 390 g/mol. The Morgan fingerprint density at radius 1 is 1.00 bits per heavy atom. The van der Waals surface area contributed by atoms with E-state index in [0.29, 0.717) is 30.1 Å². The SMILES string of the molecule is COc1cc(-c2cnc3c(c2)C(Cc2cccnc2)C(=O)C3)cc(OC)c1OC. The highest BCUT2D eigenvalue weighted by Gasteiger charge is 2.32. The molecule has 6 heteroatoms. The van der Waals surface area contributed by atoms with Gasteiger partial charge in [-0.3, -0.25) is 14.8 Å². The molecular weight excluding hydrogens is 368 g/mol. The summed E-state index contributed by atoms with van der Waals surface area (Å²) in [5.74, 6) is 1.68. The second-order valence-corrected chi connectivity index (χ2v) is 6.94. The highest BCUT2D eigenvalue weighted by atomic mass is 16.5. The van der Waals surface area contributed by atoms with Gasteiger partial charge in [-0.15, -0.1) is 0 Å². The fraction of sp³-hybridized carbons (Fsp3) is 0.261. The van der Waals surface area contributed by atoms with Crippen molar-refractivity contribution in [3.63, 3.8) is 0 Å². The first kappa shape index (κ1) is 18.9. The summed E-state index contributed by atoms with van der Waals surface area (Å²) in [5.41, 5.74) is 4.64. The van der Waals surface area contributed by atoms with Gasteiger partial charge in [-0.1, -0.05) is 6.07 Å². The van der Waals surface area contributed by atoms with Crippen molar-refractivity contribution in [2.24, 2.45) is 0 Å². The lowest BCUT2D eigenvalue weighted by atomic mass is 9.92. The minimum atomic E-state index is -0.205. The van der Waals surface area contributed by atoms with Crippen molar-refractivity contribution in [1.82, 2.24) is 9.97 Å². The van der Waals surface area contributed by atoms with Crippen molar-refractivity contribution >= 4 is 5.78 Å². The van der Waals surface area contributed by atoms with Crippen molar-refractivity contribution < 1.29 is 19.0 Å². The summed E-state index contributed by atoms with van der Waals surface area (Å²) in [6.45, 7) is 0. The largest absolute Gasteiger partial charge is 0.493 e. The smallest absolute Gasteiger partial charge is 0.203 e. The Labute approximate surface area is 169 Å². The van der Waals surface area contributed by atoms with E-state index in [9.17, 15) is 4.79 Å². The number of nitrogens with zero attached hydrogens (tertiary/aromatic N) is 2. The standard InChI is InChI=1S/C23H22N2O4/c1-27-21-9-15(10-22(28-2)23(21)29-3)16-8-17-18(7-14-5-4-6-24-12-14)20(26)11-19(17)25-13-16/h4-6,8-10,12-13,18H,7,11H2,1-3H3. The minimum absolute atomic E-state index is 0.193. The van der Waals surface area contributed by atoms with Gasteiger partial charge in [0.15, 0.2) is 11.5 Å². The van der Waals surface area contributed by atoms with E-state index in [1.807, 2.05) is 30.5 Å². The maximum Gasteiger partial charge on any atom is 0.203 e. The van der Waals surface area contributed by atoms with Crippen LogP contribution in [0.15, 0.2) is 48.9 Å². The predicted octanol–water partition coefficient (Wildman–Crippen LogP) is 3.62. The molecule has 3 aromatic rings. The lowest BCUT2D eigenvalue weighted by molar-refractivity contribution is -0.119. The van der Waals surface area contributed by atoms with Crippen LogP contribution in [0.5, 0.6) is 17.2 Å². The molecule has 0 bridgehead atoms. The molecule has 0 amide bonds. The van der Waals surface area contributed by atoms with Crippen LogP contribution in [0.4, 0.5) is 0 Å². The number of carbonyl (C=O) groups excluding carboxylic acids is 1. The molecule has 1 unspecified atom stereocenters. The van der Waals surface area contributed by atoms with Crippen LogP contribution < -0.4 is 14.2 Å². The van der Waals surface area contributed by atoms with Crippen LogP contribution in [0.1, 0.15) is 22.7 Å². The monoisotopic (exact) mass is 390 g/mol. The van der Waals surface area contributed by atoms with Gasteiger partial charge in [0.1, 0.15) is 5.78 Å². The number of ketones is 1. The summed E-state index contributed by atoms with van der Waals surface area (Å²) >= 11 is 0. The van der Waals surface area contributed by atoms with E-state index < -0.39 is 0 Å². The Morgan fingerprint density at radius 3 is 2.38 bits per heavy atom. The fourth-order valence-corrected chi connectivity index (χ4v) is 3.81. The first-order valence-corrected chi connectivity index (χ1v) is 9.35. The van der Waals surface area contributed by atoms with Gasteiger partial charge in [0.2, 0.25) is 5.75 Å². The van der Waals surface area contributed by atoms with Gasteiger partial charge >= 0.3 is 0 Å². The minimum Gasteiger partial charge on any atom is -0.493 e. The van der Waals surface area contributed by atoms with Crippen molar-refractivity contribution in [3.05, 3.63) is 65.7 Å². The average Bonchev–Trinajstić information content (AvgIpc) is 3.07. The van der Waals surface area contributed by atoms with E-state index in [1.165, 1.54) is 0 Å². The molecule has 0 saturated carbocycles. The molecule has 1 aromatic carbocycles. The van der Waals surface area contributed by atoms with Gasteiger partial charge < -0.3 is 14.2 Å². The zero-order valence-corrected chi connectivity index (χ0v) is 16.6. The van der Waals surface area contributed by atoms with Crippen molar-refractivity contribution in [2.75, 3.05) is 21.3 Å². The zero-order chi connectivity index (χ0) is 20.4. The number of hydrogen-bond acceptors (Lipinski definition) is 6. The quantitative estimate of drug-likeness (QED) is 0.640. The molecule has 1 aliphatic carbocycles. The second kappa shape index (κ2) is 7.91. The van der Waals surface area contributed by atoms with E-state index in [2.05, 4.69) is 16.0 Å². The molecule has 4 rings (SSSR count). The van der Waals surface area contributed by atoms with Crippen molar-refractivity contribution in [3.8, 4) is 28.4 Å². The topological polar surface area (TPSA) is 70.5 Å². The molecule has 0 aliphatic heterocycles. The molecule has 0 saturated heterocycles. The number of carbonyl (C=O) groups is 1. The number of benzene rings is 1. The molecule has 0 spiro atoms. The van der Waals surface area contributed by atoms with Gasteiger partial charge in [0.25, 0.3) is 0 Å². The lowest BCUT2D eigenvalue weighted by Crippen LogP contribution is -2.09. The molecule has 6 nitrogen and oxygen atoms in total. The van der Waals surface area contributed by atoms with E-state index in [4.69, 9.17) is 14.2 Å². The van der Waals surface area contributed by atoms with Crippen LogP contribution in [0, 0.1) is 0 Å². The maximum atomic E-state index is 12.7. The number of fused-ring (bicyclic) bond motifs is 1. The zero-order valence-electron chi connectivity index (χ0n) is 16.6. The summed E-state index contributed by atoms with van der Waals surface area (Å²) in [6, 6.07) is 9.71. The number of hydrogen-bond donors (Lipinski definition) is 0. The van der Waals surface area contributed by atoms with Crippen LogP contribution in [0.2, 0.25) is 0 Å². The van der Waals surface area contributed by atoms with Gasteiger partial charge in [0, 0.05) is 36.5 Å². The van der Waals surface area contributed by atoms with Crippen LogP contribution in [0.25, 0.3) is 11.1 Å². The van der Waals surface area contributed by atoms with Crippen LogP contribution >= 0.6 is 0 Å². The Bertz CT molecular complexity index is 1020. The molecule has 0 N–H and O–H groups in total. The Kier molecular flexibility index (Phi) is 5.16. The molecule has 0 fully saturated rings. The van der Waals surface area contributed by atoms with Crippen LogP contribution in [-0.4, -0.2) is 37.1 Å².